The third kappa shape index (κ3) is 1.02. The lowest BCUT2D eigenvalue weighted by Gasteiger charge is -2.20. The van der Waals surface area contributed by atoms with Crippen LogP contribution in [0.25, 0.3) is 0 Å². The smallest absolute Gasteiger partial charge is 0.0520 e. The molecule has 1 heterocycles. The van der Waals surface area contributed by atoms with Gasteiger partial charge < -0.3 is 0 Å². The van der Waals surface area contributed by atoms with Crippen molar-refractivity contribution in [3.63, 3.8) is 0 Å². The Morgan fingerprint density at radius 2 is 2.10 bits per heavy atom. The molecular formula is C8H16N2. The molecule has 0 fully saturated rings. The van der Waals surface area contributed by atoms with Crippen molar-refractivity contribution in [3.05, 3.63) is 0 Å². The van der Waals surface area contributed by atoms with E-state index in [2.05, 4.69) is 37.8 Å². The lowest BCUT2D eigenvalue weighted by molar-refractivity contribution is 0.233. The fraction of sp³-hybridized carbons (Fsp3) is 0.875. The second-order valence-corrected chi connectivity index (χ2v) is 3.03. The van der Waals surface area contributed by atoms with Crippen LogP contribution in [0, 0.1) is 5.92 Å². The summed E-state index contributed by atoms with van der Waals surface area (Å²) in [5.74, 6) is 0.639. The van der Waals surface area contributed by atoms with Crippen molar-refractivity contribution in [2.45, 2.75) is 33.7 Å². The van der Waals surface area contributed by atoms with Crippen LogP contribution in [-0.4, -0.2) is 23.3 Å². The van der Waals surface area contributed by atoms with Crippen LogP contribution in [0.3, 0.4) is 0 Å². The van der Waals surface area contributed by atoms with Gasteiger partial charge in [-0.05, 0) is 20.8 Å². The summed E-state index contributed by atoms with van der Waals surface area (Å²) in [6.07, 6.45) is 0. The first-order chi connectivity index (χ1) is 4.66. The second kappa shape index (κ2) is 2.60. The van der Waals surface area contributed by atoms with E-state index < -0.39 is 0 Å². The maximum Gasteiger partial charge on any atom is 0.0520 e. The van der Waals surface area contributed by atoms with Crippen LogP contribution in [0.15, 0.2) is 5.10 Å². The zero-order valence-corrected chi connectivity index (χ0v) is 7.26. The molecule has 2 heteroatoms. The van der Waals surface area contributed by atoms with Gasteiger partial charge in [-0.25, -0.2) is 0 Å². The number of hydrogen-bond donors (Lipinski definition) is 0. The van der Waals surface area contributed by atoms with E-state index in [-0.39, 0.29) is 0 Å². The molecule has 0 saturated carbocycles. The molecule has 2 nitrogen and oxygen atoms in total. The average Bonchev–Trinajstić information content (AvgIpc) is 2.17. The molecule has 10 heavy (non-hydrogen) atoms. The van der Waals surface area contributed by atoms with E-state index in [0.717, 1.165) is 6.54 Å². The van der Waals surface area contributed by atoms with E-state index in [4.69, 9.17) is 0 Å². The Bertz CT molecular complexity index is 151. The Hall–Kier alpha value is -0.530. The van der Waals surface area contributed by atoms with Crippen LogP contribution in [0.2, 0.25) is 0 Å². The van der Waals surface area contributed by atoms with Crippen molar-refractivity contribution in [2.24, 2.45) is 11.0 Å². The number of nitrogens with zero attached hydrogens (tertiary/aromatic N) is 2. The van der Waals surface area contributed by atoms with Gasteiger partial charge in [-0.15, -0.1) is 0 Å². The molecule has 2 atom stereocenters. The minimum absolute atomic E-state index is 0.602. The van der Waals surface area contributed by atoms with Gasteiger partial charge in [-0.1, -0.05) is 6.92 Å². The van der Waals surface area contributed by atoms with Gasteiger partial charge in [-0.2, -0.15) is 5.10 Å². The van der Waals surface area contributed by atoms with E-state index in [1.165, 1.54) is 5.71 Å². The molecule has 0 saturated heterocycles. The normalized spacial score (nSPS) is 32.8. The predicted octanol–water partition coefficient (Wildman–Crippen LogP) is 1.72. The summed E-state index contributed by atoms with van der Waals surface area (Å²) in [6, 6.07) is 0.602. The van der Waals surface area contributed by atoms with Crippen molar-refractivity contribution in [3.8, 4) is 0 Å². The summed E-state index contributed by atoms with van der Waals surface area (Å²) < 4.78 is 0. The largest absolute Gasteiger partial charge is 0.294 e. The molecule has 1 rings (SSSR count). The Labute approximate surface area is 62.9 Å². The average molecular weight is 140 g/mol. The Balaban J connectivity index is 2.66. The summed E-state index contributed by atoms with van der Waals surface area (Å²) >= 11 is 0. The molecule has 1 aliphatic rings. The Morgan fingerprint density at radius 3 is 2.30 bits per heavy atom. The number of hydrazone groups is 1. The van der Waals surface area contributed by atoms with Crippen LogP contribution in [0.5, 0.6) is 0 Å². The quantitative estimate of drug-likeness (QED) is 0.541. The fourth-order valence-corrected chi connectivity index (χ4v) is 1.35. The predicted molar refractivity (Wildman–Crippen MR) is 44.1 cm³/mol. The molecule has 0 spiro atoms. The van der Waals surface area contributed by atoms with E-state index >= 15 is 0 Å². The van der Waals surface area contributed by atoms with Crippen molar-refractivity contribution >= 4 is 5.71 Å². The van der Waals surface area contributed by atoms with Gasteiger partial charge in [0.25, 0.3) is 0 Å². The molecule has 0 aliphatic carbocycles. The maximum absolute atomic E-state index is 4.42. The topological polar surface area (TPSA) is 15.6 Å². The van der Waals surface area contributed by atoms with E-state index in [0.29, 0.717) is 12.0 Å². The van der Waals surface area contributed by atoms with Crippen molar-refractivity contribution in [2.75, 3.05) is 6.54 Å². The van der Waals surface area contributed by atoms with Crippen LogP contribution in [0.1, 0.15) is 27.7 Å². The van der Waals surface area contributed by atoms with E-state index in [1.54, 1.807) is 0 Å². The molecule has 1 aliphatic heterocycles. The molecule has 0 aromatic rings. The van der Waals surface area contributed by atoms with Crippen molar-refractivity contribution < 1.29 is 0 Å². The number of hydrogen-bond acceptors (Lipinski definition) is 2. The molecule has 2 unspecified atom stereocenters. The fourth-order valence-electron chi connectivity index (χ4n) is 1.35. The summed E-state index contributed by atoms with van der Waals surface area (Å²) in [4.78, 5) is 0. The van der Waals surface area contributed by atoms with Crippen LogP contribution < -0.4 is 0 Å². The number of rotatable bonds is 1. The third-order valence-electron chi connectivity index (χ3n) is 2.46. The van der Waals surface area contributed by atoms with Crippen LogP contribution in [-0.2, 0) is 0 Å². The lowest BCUT2D eigenvalue weighted by atomic mass is 10.0. The highest BCUT2D eigenvalue weighted by Crippen LogP contribution is 2.19. The summed E-state index contributed by atoms with van der Waals surface area (Å²) in [7, 11) is 0. The standard InChI is InChI=1S/C8H16N2/c1-5-10-8(4)6(2)7(3)9-10/h6,8H,5H2,1-4H3. The Morgan fingerprint density at radius 1 is 1.50 bits per heavy atom. The van der Waals surface area contributed by atoms with Crippen LogP contribution >= 0.6 is 0 Å². The molecule has 0 aromatic carbocycles. The highest BCUT2D eigenvalue weighted by atomic mass is 15.5. The van der Waals surface area contributed by atoms with E-state index in [1.807, 2.05) is 0 Å². The second-order valence-electron chi connectivity index (χ2n) is 3.03. The molecule has 0 N–H and O–H groups in total. The van der Waals surface area contributed by atoms with Gasteiger partial charge in [0.05, 0.1) is 6.04 Å². The maximum atomic E-state index is 4.42. The molecule has 0 bridgehead atoms. The highest BCUT2D eigenvalue weighted by Gasteiger charge is 2.26. The lowest BCUT2D eigenvalue weighted by Crippen LogP contribution is -2.28. The van der Waals surface area contributed by atoms with Gasteiger partial charge in [0.1, 0.15) is 0 Å². The summed E-state index contributed by atoms with van der Waals surface area (Å²) in [5.41, 5.74) is 1.27. The molecule has 58 valence electrons. The van der Waals surface area contributed by atoms with Gasteiger partial charge >= 0.3 is 0 Å². The van der Waals surface area contributed by atoms with Crippen molar-refractivity contribution in [1.29, 1.82) is 0 Å². The molecule has 0 radical (unpaired) electrons. The zero-order chi connectivity index (χ0) is 7.72. The monoisotopic (exact) mass is 140 g/mol. The van der Waals surface area contributed by atoms with Gasteiger partial charge in [-0.3, -0.25) is 5.01 Å². The van der Waals surface area contributed by atoms with Crippen molar-refractivity contribution in [1.82, 2.24) is 5.01 Å². The first kappa shape index (κ1) is 7.58. The molecule has 0 aromatic heterocycles. The van der Waals surface area contributed by atoms with Gasteiger partial charge in [0.15, 0.2) is 0 Å². The van der Waals surface area contributed by atoms with Crippen LogP contribution in [0.4, 0.5) is 0 Å². The molecule has 0 amide bonds. The van der Waals surface area contributed by atoms with Gasteiger partial charge in [0, 0.05) is 18.2 Å². The first-order valence-electron chi connectivity index (χ1n) is 3.98. The summed E-state index contributed by atoms with van der Waals surface area (Å²) in [6.45, 7) is 9.75. The third-order valence-corrected chi connectivity index (χ3v) is 2.46. The first-order valence-corrected chi connectivity index (χ1v) is 3.98. The SMILES string of the molecule is CCN1N=C(C)C(C)C1C. The Kier molecular flexibility index (Phi) is 1.97. The zero-order valence-electron chi connectivity index (χ0n) is 7.26. The minimum Gasteiger partial charge on any atom is -0.294 e. The highest BCUT2D eigenvalue weighted by molar-refractivity contribution is 5.85. The van der Waals surface area contributed by atoms with Gasteiger partial charge in [0.2, 0.25) is 0 Å². The molecular weight excluding hydrogens is 124 g/mol. The minimum atomic E-state index is 0.602. The van der Waals surface area contributed by atoms with E-state index in [9.17, 15) is 0 Å². The summed E-state index contributed by atoms with van der Waals surface area (Å²) in [5, 5.41) is 6.57.